The summed E-state index contributed by atoms with van der Waals surface area (Å²) in [6.07, 6.45) is 13.2. The molecule has 10 heavy (non-hydrogen) atoms. The summed E-state index contributed by atoms with van der Waals surface area (Å²) >= 11 is 0. The molecular formula is C10H14. The zero-order valence-electron chi connectivity index (χ0n) is 6.72. The molecule has 0 aromatic carbocycles. The van der Waals surface area contributed by atoms with E-state index in [9.17, 15) is 0 Å². The first-order valence-corrected chi connectivity index (χ1v) is 3.57. The summed E-state index contributed by atoms with van der Waals surface area (Å²) in [5, 5.41) is 0. The van der Waals surface area contributed by atoms with Gasteiger partial charge in [0.15, 0.2) is 0 Å². The first-order chi connectivity index (χ1) is 4.81. The van der Waals surface area contributed by atoms with E-state index >= 15 is 0 Å². The van der Waals surface area contributed by atoms with Gasteiger partial charge in [-0.05, 0) is 13.3 Å². The lowest BCUT2D eigenvalue weighted by atomic mass is 10.2. The van der Waals surface area contributed by atoms with Crippen molar-refractivity contribution >= 4 is 0 Å². The van der Waals surface area contributed by atoms with Gasteiger partial charge in [-0.25, -0.2) is 0 Å². The minimum atomic E-state index is 0.758. The number of hydrogen-bond donors (Lipinski definition) is 0. The van der Waals surface area contributed by atoms with Gasteiger partial charge >= 0.3 is 0 Å². The minimum Gasteiger partial charge on any atom is -0.120 e. The third-order valence-electron chi connectivity index (χ3n) is 1.13. The van der Waals surface area contributed by atoms with E-state index in [1.54, 1.807) is 0 Å². The first kappa shape index (κ1) is 9.04. The maximum absolute atomic E-state index is 5.12. The zero-order valence-corrected chi connectivity index (χ0v) is 6.72. The molecule has 0 aliphatic carbocycles. The van der Waals surface area contributed by atoms with Gasteiger partial charge in [-0.2, -0.15) is 0 Å². The Kier molecular flexibility index (Phi) is 5.57. The fourth-order valence-corrected chi connectivity index (χ4v) is 0.588. The molecule has 0 bridgehead atoms. The third-order valence-corrected chi connectivity index (χ3v) is 1.13. The summed E-state index contributed by atoms with van der Waals surface area (Å²) in [6, 6.07) is 0. The van der Waals surface area contributed by atoms with Gasteiger partial charge in [0.25, 0.3) is 0 Å². The lowest BCUT2D eigenvalue weighted by molar-refractivity contribution is 1.21. The normalized spacial score (nSPS) is 11.9. The number of terminal acetylenes is 1. The maximum Gasteiger partial charge on any atom is 0.0296 e. The van der Waals surface area contributed by atoms with Crippen LogP contribution in [0.2, 0.25) is 0 Å². The van der Waals surface area contributed by atoms with Crippen molar-refractivity contribution in [2.45, 2.75) is 26.7 Å². The van der Waals surface area contributed by atoms with Crippen molar-refractivity contribution in [3.63, 3.8) is 0 Å². The molecule has 0 heteroatoms. The quantitative estimate of drug-likeness (QED) is 0.411. The predicted octanol–water partition coefficient (Wildman–Crippen LogP) is 2.92. The summed E-state index contributed by atoms with van der Waals surface area (Å²) in [6.45, 7) is 4.15. The molecule has 0 unspecified atom stereocenters. The Morgan fingerprint density at radius 2 is 2.30 bits per heavy atom. The van der Waals surface area contributed by atoms with Gasteiger partial charge in [-0.3, -0.25) is 0 Å². The van der Waals surface area contributed by atoms with Crippen LogP contribution >= 0.6 is 0 Å². The molecule has 0 saturated carbocycles. The van der Waals surface area contributed by atoms with E-state index in [2.05, 4.69) is 25.0 Å². The van der Waals surface area contributed by atoms with Crippen LogP contribution in [-0.4, -0.2) is 0 Å². The Morgan fingerprint density at radius 3 is 2.80 bits per heavy atom. The summed E-state index contributed by atoms with van der Waals surface area (Å²) in [5.41, 5.74) is 1.24. The van der Waals surface area contributed by atoms with Gasteiger partial charge in [0, 0.05) is 6.42 Å². The molecule has 0 radical (unpaired) electrons. The highest BCUT2D eigenvalue weighted by Crippen LogP contribution is 1.97. The summed E-state index contributed by atoms with van der Waals surface area (Å²) in [7, 11) is 0. The van der Waals surface area contributed by atoms with Crippen molar-refractivity contribution in [2.24, 2.45) is 0 Å². The molecule has 0 fully saturated rings. The highest BCUT2D eigenvalue weighted by molar-refractivity contribution is 5.14. The van der Waals surface area contributed by atoms with E-state index in [4.69, 9.17) is 6.42 Å². The van der Waals surface area contributed by atoms with Crippen LogP contribution < -0.4 is 0 Å². The summed E-state index contributed by atoms with van der Waals surface area (Å²) in [5.74, 6) is 2.59. The maximum atomic E-state index is 5.12. The molecule has 0 nitrogen and oxygen atoms in total. The summed E-state index contributed by atoms with van der Waals surface area (Å²) in [4.78, 5) is 0. The number of hydrogen-bond acceptors (Lipinski definition) is 0. The van der Waals surface area contributed by atoms with Gasteiger partial charge in [-0.15, -0.1) is 12.3 Å². The molecule has 0 rings (SSSR count). The molecule has 0 spiro atoms. The molecule has 0 atom stereocenters. The van der Waals surface area contributed by atoms with Crippen molar-refractivity contribution < 1.29 is 0 Å². The molecule has 0 N–H and O–H groups in total. The lowest BCUT2D eigenvalue weighted by Crippen LogP contribution is -1.69. The average molecular weight is 134 g/mol. The molecule has 0 aliphatic rings. The van der Waals surface area contributed by atoms with Gasteiger partial charge in [-0.1, -0.05) is 30.7 Å². The van der Waals surface area contributed by atoms with Crippen LogP contribution in [0, 0.1) is 12.3 Å². The Hall–Kier alpha value is -0.960. The monoisotopic (exact) mass is 134 g/mol. The predicted molar refractivity (Wildman–Crippen MR) is 46.6 cm³/mol. The molecule has 0 amide bonds. The van der Waals surface area contributed by atoms with E-state index in [1.807, 2.05) is 13.0 Å². The van der Waals surface area contributed by atoms with Gasteiger partial charge in [0.1, 0.15) is 0 Å². The Morgan fingerprint density at radius 1 is 1.60 bits per heavy atom. The standard InChI is InChI=1S/C10H14/c1-4-6-7-9-10(3)8-5-2/h2,6-7,9H,4,8H2,1,3H3/b7-6-,10-9-. The smallest absolute Gasteiger partial charge is 0.0296 e. The highest BCUT2D eigenvalue weighted by atomic mass is 13.8. The minimum absolute atomic E-state index is 0.758. The summed E-state index contributed by atoms with van der Waals surface area (Å²) < 4.78 is 0. The van der Waals surface area contributed by atoms with E-state index in [-0.39, 0.29) is 0 Å². The highest BCUT2D eigenvalue weighted by Gasteiger charge is 1.79. The van der Waals surface area contributed by atoms with Gasteiger partial charge in [0.2, 0.25) is 0 Å². The van der Waals surface area contributed by atoms with E-state index in [0.717, 1.165) is 12.8 Å². The molecule has 0 aromatic heterocycles. The molecular weight excluding hydrogens is 120 g/mol. The van der Waals surface area contributed by atoms with Gasteiger partial charge < -0.3 is 0 Å². The van der Waals surface area contributed by atoms with Crippen molar-refractivity contribution in [1.29, 1.82) is 0 Å². The topological polar surface area (TPSA) is 0 Å². The second-order valence-electron chi connectivity index (χ2n) is 2.23. The number of allylic oxidation sites excluding steroid dienone is 4. The second-order valence-corrected chi connectivity index (χ2v) is 2.23. The Bertz CT molecular complexity index is 165. The zero-order chi connectivity index (χ0) is 7.82. The average Bonchev–Trinajstić information content (AvgIpc) is 1.89. The second kappa shape index (κ2) is 6.16. The van der Waals surface area contributed by atoms with Crippen LogP contribution in [0.1, 0.15) is 26.7 Å². The molecule has 0 saturated heterocycles. The van der Waals surface area contributed by atoms with E-state index < -0.39 is 0 Å². The fourth-order valence-electron chi connectivity index (χ4n) is 0.588. The fraction of sp³-hybridized carbons (Fsp3) is 0.400. The number of rotatable bonds is 3. The molecule has 54 valence electrons. The van der Waals surface area contributed by atoms with Crippen LogP contribution in [-0.2, 0) is 0 Å². The first-order valence-electron chi connectivity index (χ1n) is 3.57. The van der Waals surface area contributed by atoms with Crippen molar-refractivity contribution in [2.75, 3.05) is 0 Å². The van der Waals surface area contributed by atoms with Crippen molar-refractivity contribution in [3.8, 4) is 12.3 Å². The van der Waals surface area contributed by atoms with E-state index in [1.165, 1.54) is 5.57 Å². The van der Waals surface area contributed by atoms with Crippen LogP contribution in [0.3, 0.4) is 0 Å². The SMILES string of the molecule is C#CC/C(C)=C\C=C/CC. The third kappa shape index (κ3) is 5.18. The molecule has 0 aromatic rings. The van der Waals surface area contributed by atoms with Crippen LogP contribution in [0.25, 0.3) is 0 Å². The van der Waals surface area contributed by atoms with Crippen molar-refractivity contribution in [3.05, 3.63) is 23.8 Å². The van der Waals surface area contributed by atoms with Crippen LogP contribution in [0.4, 0.5) is 0 Å². The van der Waals surface area contributed by atoms with Crippen molar-refractivity contribution in [1.82, 2.24) is 0 Å². The molecule has 0 aliphatic heterocycles. The lowest BCUT2D eigenvalue weighted by Gasteiger charge is -1.87. The van der Waals surface area contributed by atoms with Crippen LogP contribution in [0.15, 0.2) is 23.8 Å². The van der Waals surface area contributed by atoms with Crippen LogP contribution in [0.5, 0.6) is 0 Å². The van der Waals surface area contributed by atoms with E-state index in [0.29, 0.717) is 0 Å². The Labute approximate surface area is 63.6 Å². The van der Waals surface area contributed by atoms with Gasteiger partial charge in [0.05, 0.1) is 0 Å². The Balaban J connectivity index is 3.70. The molecule has 0 heterocycles. The largest absolute Gasteiger partial charge is 0.120 e.